The first-order valence-electron chi connectivity index (χ1n) is 12.6. The average molecular weight is 397 g/mol. The molecule has 0 amide bonds. The Morgan fingerprint density at radius 1 is 0.931 bits per heavy atom. The summed E-state index contributed by atoms with van der Waals surface area (Å²) in [7, 11) is 0. The molecule has 29 heavy (non-hydrogen) atoms. The lowest BCUT2D eigenvalue weighted by Crippen LogP contribution is -2.50. The van der Waals surface area contributed by atoms with Crippen molar-refractivity contribution < 1.29 is 4.79 Å². The molecule has 0 bridgehead atoms. The van der Waals surface area contributed by atoms with E-state index in [4.69, 9.17) is 0 Å². The van der Waals surface area contributed by atoms with E-state index in [-0.39, 0.29) is 0 Å². The number of carbonyl (C=O) groups excluding carboxylic acids is 1. The van der Waals surface area contributed by atoms with Gasteiger partial charge in [0.1, 0.15) is 0 Å². The molecule has 3 fully saturated rings. The number of rotatable bonds is 4. The van der Waals surface area contributed by atoms with E-state index in [0.717, 1.165) is 42.4 Å². The van der Waals surface area contributed by atoms with Gasteiger partial charge in [-0.2, -0.15) is 0 Å². The predicted molar refractivity (Wildman–Crippen MR) is 123 cm³/mol. The van der Waals surface area contributed by atoms with E-state index in [1.807, 2.05) is 6.08 Å². The zero-order chi connectivity index (χ0) is 21.0. The Labute approximate surface area is 179 Å². The van der Waals surface area contributed by atoms with Gasteiger partial charge in [0.25, 0.3) is 0 Å². The van der Waals surface area contributed by atoms with Gasteiger partial charge in [-0.3, -0.25) is 4.79 Å². The van der Waals surface area contributed by atoms with Crippen LogP contribution in [0.5, 0.6) is 0 Å². The Hall–Kier alpha value is -0.850. The molecular weight excluding hydrogens is 352 g/mol. The Bertz CT molecular complexity index is 699. The van der Waals surface area contributed by atoms with Gasteiger partial charge in [-0.15, -0.1) is 0 Å². The van der Waals surface area contributed by atoms with Crippen LogP contribution >= 0.6 is 0 Å². The lowest BCUT2D eigenvalue weighted by Gasteiger charge is -2.58. The van der Waals surface area contributed by atoms with Crippen LogP contribution in [0.4, 0.5) is 0 Å². The summed E-state index contributed by atoms with van der Waals surface area (Å²) in [6, 6.07) is 0. The van der Waals surface area contributed by atoms with E-state index in [2.05, 4.69) is 53.7 Å². The third kappa shape index (κ3) is 3.49. The summed E-state index contributed by atoms with van der Waals surface area (Å²) in [5.41, 5.74) is 2.34. The highest BCUT2D eigenvalue weighted by molar-refractivity contribution is 5.91. The van der Waals surface area contributed by atoms with Gasteiger partial charge in [0.05, 0.1) is 0 Å². The molecule has 0 spiro atoms. The van der Waals surface area contributed by atoms with Crippen molar-refractivity contribution in [1.29, 1.82) is 0 Å². The van der Waals surface area contributed by atoms with E-state index in [0.29, 0.717) is 28.4 Å². The lowest BCUT2D eigenvalue weighted by molar-refractivity contribution is -0.117. The zero-order valence-corrected chi connectivity index (χ0v) is 19.8. The van der Waals surface area contributed by atoms with Gasteiger partial charge in [-0.25, -0.2) is 0 Å². The van der Waals surface area contributed by atoms with Crippen molar-refractivity contribution in [3.05, 3.63) is 23.8 Å². The molecule has 0 aromatic rings. The highest BCUT2D eigenvalue weighted by Gasteiger charge is 2.59. The van der Waals surface area contributed by atoms with E-state index >= 15 is 0 Å². The summed E-state index contributed by atoms with van der Waals surface area (Å²) in [5.74, 6) is 5.95. The van der Waals surface area contributed by atoms with Crippen molar-refractivity contribution in [3.63, 3.8) is 0 Å². The summed E-state index contributed by atoms with van der Waals surface area (Å²) in [6.07, 6.45) is 17.2. The minimum absolute atomic E-state index is 0.314. The van der Waals surface area contributed by atoms with Gasteiger partial charge in [0.2, 0.25) is 0 Å². The maximum atomic E-state index is 12.0. The van der Waals surface area contributed by atoms with Crippen molar-refractivity contribution in [2.75, 3.05) is 0 Å². The smallest absolute Gasteiger partial charge is 0.155 e. The molecule has 8 atom stereocenters. The summed E-state index contributed by atoms with van der Waals surface area (Å²) in [5, 5.41) is 0. The standard InChI is InChI=1S/C28H44O/c1-18(2)19(3)7-8-20(4)24-11-12-25-23-10-9-21-17-22(29)13-15-27(21,5)26(23)14-16-28(24,25)6/h7-8,17-20,23-26H,9-16H2,1-6H3/b8-7+/t19?,20?,23?,24?,25?,26?,27-,28+/m0/s1. The molecule has 0 aromatic heterocycles. The molecule has 1 heteroatoms. The first-order chi connectivity index (χ1) is 13.7. The van der Waals surface area contributed by atoms with Crippen LogP contribution in [0.25, 0.3) is 0 Å². The van der Waals surface area contributed by atoms with Crippen molar-refractivity contribution in [2.24, 2.45) is 52.3 Å². The molecule has 0 aliphatic heterocycles. The van der Waals surface area contributed by atoms with Gasteiger partial charge in [0, 0.05) is 6.42 Å². The fourth-order valence-corrected chi connectivity index (χ4v) is 8.17. The highest BCUT2D eigenvalue weighted by Crippen LogP contribution is 2.67. The number of hydrogen-bond acceptors (Lipinski definition) is 1. The Morgan fingerprint density at radius 3 is 2.41 bits per heavy atom. The molecule has 0 radical (unpaired) electrons. The molecule has 4 aliphatic carbocycles. The van der Waals surface area contributed by atoms with Crippen molar-refractivity contribution >= 4 is 5.78 Å². The molecule has 0 saturated heterocycles. The second-order valence-corrected chi connectivity index (χ2v) is 12.0. The van der Waals surface area contributed by atoms with Gasteiger partial charge in [-0.1, -0.05) is 59.3 Å². The first-order valence-corrected chi connectivity index (χ1v) is 12.6. The van der Waals surface area contributed by atoms with Crippen LogP contribution in [-0.2, 0) is 4.79 Å². The Balaban J connectivity index is 1.53. The molecule has 1 nitrogen and oxygen atoms in total. The molecule has 0 aromatic carbocycles. The predicted octanol–water partition coefficient (Wildman–Crippen LogP) is 7.62. The second-order valence-electron chi connectivity index (χ2n) is 12.0. The van der Waals surface area contributed by atoms with Gasteiger partial charge < -0.3 is 0 Å². The molecule has 3 saturated carbocycles. The van der Waals surface area contributed by atoms with Crippen molar-refractivity contribution in [3.8, 4) is 0 Å². The highest BCUT2D eigenvalue weighted by atomic mass is 16.1. The Kier molecular flexibility index (Phi) is 5.67. The third-order valence-corrected chi connectivity index (χ3v) is 10.4. The Morgan fingerprint density at radius 2 is 1.69 bits per heavy atom. The molecule has 0 N–H and O–H groups in total. The van der Waals surface area contributed by atoms with Crippen LogP contribution in [0.3, 0.4) is 0 Å². The van der Waals surface area contributed by atoms with E-state index in [9.17, 15) is 4.79 Å². The van der Waals surface area contributed by atoms with Crippen LogP contribution in [0.2, 0.25) is 0 Å². The maximum absolute atomic E-state index is 12.0. The monoisotopic (exact) mass is 396 g/mol. The molecule has 0 heterocycles. The molecular formula is C28H44O. The van der Waals surface area contributed by atoms with Gasteiger partial charge in [0.15, 0.2) is 5.78 Å². The number of fused-ring (bicyclic) bond motifs is 5. The fourth-order valence-electron chi connectivity index (χ4n) is 8.17. The molecule has 4 aliphatic rings. The number of ketones is 1. The first kappa shape index (κ1) is 21.4. The lowest BCUT2D eigenvalue weighted by atomic mass is 9.46. The number of carbonyl (C=O) groups is 1. The minimum Gasteiger partial charge on any atom is -0.295 e. The second kappa shape index (κ2) is 7.69. The third-order valence-electron chi connectivity index (χ3n) is 10.4. The zero-order valence-electron chi connectivity index (χ0n) is 19.8. The van der Waals surface area contributed by atoms with E-state index in [1.54, 1.807) is 0 Å². The summed E-state index contributed by atoms with van der Waals surface area (Å²) in [6.45, 7) is 14.7. The fraction of sp³-hybridized carbons (Fsp3) is 0.821. The van der Waals surface area contributed by atoms with Gasteiger partial charge in [-0.05, 0) is 103 Å². The number of hydrogen-bond donors (Lipinski definition) is 0. The summed E-state index contributed by atoms with van der Waals surface area (Å²) in [4.78, 5) is 12.0. The molecule has 162 valence electrons. The van der Waals surface area contributed by atoms with E-state index in [1.165, 1.54) is 44.1 Å². The van der Waals surface area contributed by atoms with Gasteiger partial charge >= 0.3 is 0 Å². The van der Waals surface area contributed by atoms with Crippen molar-refractivity contribution in [1.82, 2.24) is 0 Å². The van der Waals surface area contributed by atoms with Crippen LogP contribution < -0.4 is 0 Å². The van der Waals surface area contributed by atoms with Crippen LogP contribution in [0, 0.1) is 52.3 Å². The van der Waals surface area contributed by atoms with E-state index < -0.39 is 0 Å². The largest absolute Gasteiger partial charge is 0.295 e. The summed E-state index contributed by atoms with van der Waals surface area (Å²) < 4.78 is 0. The average Bonchev–Trinajstić information content (AvgIpc) is 3.03. The van der Waals surface area contributed by atoms with Crippen LogP contribution in [-0.4, -0.2) is 5.78 Å². The minimum atomic E-state index is 0.314. The normalized spacial score (nSPS) is 44.2. The van der Waals surface area contributed by atoms with Crippen LogP contribution in [0.15, 0.2) is 23.8 Å². The summed E-state index contributed by atoms with van der Waals surface area (Å²) >= 11 is 0. The van der Waals surface area contributed by atoms with Crippen LogP contribution in [0.1, 0.15) is 92.9 Å². The van der Waals surface area contributed by atoms with Crippen molar-refractivity contribution in [2.45, 2.75) is 92.9 Å². The number of allylic oxidation sites excluding steroid dienone is 3. The SMILES string of the molecule is CC(C)C(C)/C=C/C(C)C1CCC2C3CCC4=CC(=O)CC[C@]4(C)C3CC[C@]12C. The molecule has 6 unspecified atom stereocenters. The quantitative estimate of drug-likeness (QED) is 0.447. The topological polar surface area (TPSA) is 17.1 Å². The maximum Gasteiger partial charge on any atom is 0.155 e. The molecule has 4 rings (SSSR count).